The molecule has 2 N–H and O–H groups in total. The molecule has 134 valence electrons. The van der Waals surface area contributed by atoms with Gasteiger partial charge in [-0.1, -0.05) is 12.1 Å². The lowest BCUT2D eigenvalue weighted by Gasteiger charge is -2.22. The fraction of sp³-hybridized carbons (Fsp3) is 0.444. The zero-order valence-electron chi connectivity index (χ0n) is 14.3. The van der Waals surface area contributed by atoms with Gasteiger partial charge in [-0.05, 0) is 43.0 Å². The van der Waals surface area contributed by atoms with E-state index in [1.165, 1.54) is 12.0 Å². The first-order chi connectivity index (χ1) is 11.8. The minimum absolute atomic E-state index is 0. The van der Waals surface area contributed by atoms with Crippen LogP contribution in [0.3, 0.4) is 0 Å². The summed E-state index contributed by atoms with van der Waals surface area (Å²) in [5, 5.41) is 11.1. The van der Waals surface area contributed by atoms with Crippen molar-refractivity contribution in [1.29, 1.82) is 0 Å². The molecule has 2 fully saturated rings. The molecule has 2 saturated heterocycles. The van der Waals surface area contributed by atoms with Crippen LogP contribution < -0.4 is 10.6 Å². The molecule has 2 aliphatic heterocycles. The van der Waals surface area contributed by atoms with Crippen LogP contribution in [-0.2, 0) is 11.3 Å². The predicted molar refractivity (Wildman–Crippen MR) is 109 cm³/mol. The van der Waals surface area contributed by atoms with Crippen molar-refractivity contribution in [1.82, 2.24) is 20.4 Å². The van der Waals surface area contributed by atoms with Crippen molar-refractivity contribution in [2.24, 2.45) is 4.99 Å². The van der Waals surface area contributed by atoms with Gasteiger partial charge in [0, 0.05) is 26.0 Å². The second-order valence-corrected chi connectivity index (χ2v) is 6.40. The van der Waals surface area contributed by atoms with Crippen molar-refractivity contribution in [3.8, 4) is 5.69 Å². The van der Waals surface area contributed by atoms with Crippen LogP contribution in [-0.4, -0.2) is 41.0 Å². The Bertz CT molecular complexity index is 701. The summed E-state index contributed by atoms with van der Waals surface area (Å²) in [7, 11) is 1.81. The van der Waals surface area contributed by atoms with E-state index in [0.29, 0.717) is 18.2 Å². The van der Waals surface area contributed by atoms with E-state index in [2.05, 4.69) is 45.0 Å². The fourth-order valence-electron chi connectivity index (χ4n) is 3.53. The minimum atomic E-state index is 0. The van der Waals surface area contributed by atoms with Gasteiger partial charge in [-0.15, -0.1) is 24.0 Å². The maximum absolute atomic E-state index is 5.89. The SMILES string of the molecule is CN=C(NCc1ccc(-n2cccn2)cc1)NC1CC2CCC1O2.I. The molecule has 1 aromatic carbocycles. The third-order valence-electron chi connectivity index (χ3n) is 4.82. The normalized spacial score (nSPS) is 24.8. The number of guanidine groups is 1. The summed E-state index contributed by atoms with van der Waals surface area (Å²) in [5.41, 5.74) is 2.27. The molecule has 2 aromatic rings. The summed E-state index contributed by atoms with van der Waals surface area (Å²) in [6.07, 6.45) is 7.97. The Morgan fingerprint density at radius 1 is 1.32 bits per heavy atom. The number of nitrogens with one attached hydrogen (secondary N) is 2. The zero-order valence-corrected chi connectivity index (χ0v) is 16.6. The second kappa shape index (κ2) is 8.18. The number of benzene rings is 1. The number of halogens is 1. The van der Waals surface area contributed by atoms with Gasteiger partial charge in [0.15, 0.2) is 5.96 Å². The van der Waals surface area contributed by atoms with Crippen molar-refractivity contribution < 1.29 is 4.74 Å². The van der Waals surface area contributed by atoms with Gasteiger partial charge in [-0.2, -0.15) is 5.10 Å². The van der Waals surface area contributed by atoms with Gasteiger partial charge in [-0.3, -0.25) is 4.99 Å². The van der Waals surface area contributed by atoms with Gasteiger partial charge in [0.25, 0.3) is 0 Å². The number of ether oxygens (including phenoxy) is 1. The highest BCUT2D eigenvalue weighted by atomic mass is 127. The summed E-state index contributed by atoms with van der Waals surface area (Å²) in [5.74, 6) is 0.840. The Balaban J connectivity index is 0.00000182. The Hall–Kier alpha value is -1.61. The topological polar surface area (TPSA) is 63.5 Å². The van der Waals surface area contributed by atoms with Crippen molar-refractivity contribution in [2.75, 3.05) is 7.05 Å². The van der Waals surface area contributed by atoms with Gasteiger partial charge in [0.05, 0.1) is 23.9 Å². The Morgan fingerprint density at radius 3 is 2.76 bits per heavy atom. The van der Waals surface area contributed by atoms with Crippen molar-refractivity contribution >= 4 is 29.9 Å². The van der Waals surface area contributed by atoms with Crippen LogP contribution in [0.2, 0.25) is 0 Å². The van der Waals surface area contributed by atoms with Gasteiger partial charge < -0.3 is 15.4 Å². The Labute approximate surface area is 165 Å². The maximum atomic E-state index is 5.89. The second-order valence-electron chi connectivity index (χ2n) is 6.40. The van der Waals surface area contributed by atoms with Crippen LogP contribution in [0.25, 0.3) is 5.69 Å². The molecule has 25 heavy (non-hydrogen) atoms. The highest BCUT2D eigenvalue weighted by molar-refractivity contribution is 14.0. The monoisotopic (exact) mass is 453 g/mol. The van der Waals surface area contributed by atoms with E-state index in [1.54, 1.807) is 6.20 Å². The first kappa shape index (κ1) is 18.2. The molecule has 4 rings (SSSR count). The Kier molecular flexibility index (Phi) is 5.95. The molecule has 2 aliphatic rings. The average molecular weight is 453 g/mol. The number of fused-ring (bicyclic) bond motifs is 2. The van der Waals surface area contributed by atoms with Crippen LogP contribution in [0.5, 0.6) is 0 Å². The first-order valence-corrected chi connectivity index (χ1v) is 8.53. The molecule has 6 nitrogen and oxygen atoms in total. The quantitative estimate of drug-likeness (QED) is 0.424. The fourth-order valence-corrected chi connectivity index (χ4v) is 3.53. The molecule has 3 heterocycles. The number of nitrogens with zero attached hydrogens (tertiary/aromatic N) is 3. The van der Waals surface area contributed by atoms with E-state index in [9.17, 15) is 0 Å². The number of aromatic nitrogens is 2. The lowest BCUT2D eigenvalue weighted by atomic mass is 9.96. The minimum Gasteiger partial charge on any atom is -0.373 e. The molecule has 0 aliphatic carbocycles. The van der Waals surface area contributed by atoms with Crippen LogP contribution in [0.1, 0.15) is 24.8 Å². The molecule has 0 spiro atoms. The summed E-state index contributed by atoms with van der Waals surface area (Å²) in [6, 6.07) is 10.7. The molecule has 0 radical (unpaired) electrons. The lowest BCUT2D eigenvalue weighted by Crippen LogP contribution is -2.47. The largest absolute Gasteiger partial charge is 0.373 e. The van der Waals surface area contributed by atoms with E-state index >= 15 is 0 Å². The summed E-state index contributed by atoms with van der Waals surface area (Å²) in [6.45, 7) is 0.737. The molecular weight excluding hydrogens is 429 g/mol. The smallest absolute Gasteiger partial charge is 0.191 e. The van der Waals surface area contributed by atoms with Crippen LogP contribution in [0.15, 0.2) is 47.7 Å². The molecular formula is C18H24IN5O. The third-order valence-corrected chi connectivity index (χ3v) is 4.82. The molecule has 3 unspecified atom stereocenters. The molecule has 7 heteroatoms. The highest BCUT2D eigenvalue weighted by Crippen LogP contribution is 2.34. The molecule has 1 aromatic heterocycles. The molecule has 3 atom stereocenters. The van der Waals surface area contributed by atoms with E-state index < -0.39 is 0 Å². The highest BCUT2D eigenvalue weighted by Gasteiger charge is 2.41. The maximum Gasteiger partial charge on any atom is 0.191 e. The van der Waals surface area contributed by atoms with Crippen LogP contribution in [0, 0.1) is 0 Å². The number of aliphatic imine (C=N–C) groups is 1. The van der Waals surface area contributed by atoms with Crippen molar-refractivity contribution in [2.45, 2.75) is 44.1 Å². The van der Waals surface area contributed by atoms with E-state index in [4.69, 9.17) is 4.74 Å². The van der Waals surface area contributed by atoms with Gasteiger partial charge in [0.1, 0.15) is 0 Å². The molecule has 0 saturated carbocycles. The first-order valence-electron chi connectivity index (χ1n) is 8.53. The van der Waals surface area contributed by atoms with Crippen molar-refractivity contribution in [3.05, 3.63) is 48.3 Å². The molecule has 0 amide bonds. The summed E-state index contributed by atoms with van der Waals surface area (Å²) < 4.78 is 7.74. The van der Waals surface area contributed by atoms with Crippen molar-refractivity contribution in [3.63, 3.8) is 0 Å². The van der Waals surface area contributed by atoms with E-state index in [-0.39, 0.29) is 24.0 Å². The number of hydrogen-bond acceptors (Lipinski definition) is 3. The average Bonchev–Trinajstić information content (AvgIpc) is 3.36. The lowest BCUT2D eigenvalue weighted by molar-refractivity contribution is 0.0992. The standard InChI is InChI=1S/C18H23N5O.HI/c1-19-18(22-16-11-15-7-8-17(16)24-15)20-12-13-3-5-14(6-4-13)23-10-2-9-21-23;/h2-6,9-10,15-17H,7-8,11-12H2,1H3,(H2,19,20,22);1H. The van der Waals surface area contributed by atoms with Gasteiger partial charge >= 0.3 is 0 Å². The van der Waals surface area contributed by atoms with E-state index in [1.807, 2.05) is 24.0 Å². The van der Waals surface area contributed by atoms with Crippen LogP contribution in [0.4, 0.5) is 0 Å². The van der Waals surface area contributed by atoms with E-state index in [0.717, 1.165) is 31.0 Å². The number of rotatable bonds is 4. The molecule has 2 bridgehead atoms. The summed E-state index contributed by atoms with van der Waals surface area (Å²) in [4.78, 5) is 4.33. The van der Waals surface area contributed by atoms with Gasteiger partial charge in [0.2, 0.25) is 0 Å². The third kappa shape index (κ3) is 4.14. The number of hydrogen-bond donors (Lipinski definition) is 2. The zero-order chi connectivity index (χ0) is 16.4. The van der Waals surface area contributed by atoms with Gasteiger partial charge in [-0.25, -0.2) is 4.68 Å². The van der Waals surface area contributed by atoms with Crippen LogP contribution >= 0.6 is 24.0 Å². The Morgan fingerprint density at radius 2 is 2.16 bits per heavy atom. The summed E-state index contributed by atoms with van der Waals surface area (Å²) >= 11 is 0. The predicted octanol–water partition coefficient (Wildman–Crippen LogP) is 2.48.